The van der Waals surface area contributed by atoms with Crippen molar-refractivity contribution >= 4 is 22.6 Å². The van der Waals surface area contributed by atoms with E-state index in [0.717, 1.165) is 4.90 Å². The van der Waals surface area contributed by atoms with E-state index in [1.807, 2.05) is 16.4 Å². The number of amides is 1. The van der Waals surface area contributed by atoms with Gasteiger partial charge in [0, 0.05) is 18.8 Å². The zero-order valence-corrected chi connectivity index (χ0v) is 12.8. The second-order valence-electron chi connectivity index (χ2n) is 5.03. The highest BCUT2D eigenvalue weighted by Gasteiger charge is 2.23. The highest BCUT2D eigenvalue weighted by molar-refractivity contribution is 7.82. The van der Waals surface area contributed by atoms with Crippen LogP contribution >= 0.6 is 0 Å². The summed E-state index contributed by atoms with van der Waals surface area (Å²) in [5.74, 6) is -0.260. The van der Waals surface area contributed by atoms with Crippen molar-refractivity contribution in [1.29, 1.82) is 0 Å². The van der Waals surface area contributed by atoms with Crippen LogP contribution in [-0.2, 0) is 28.9 Å². The van der Waals surface area contributed by atoms with Gasteiger partial charge in [0.25, 0.3) is 0 Å². The lowest BCUT2D eigenvalue weighted by Crippen LogP contribution is -2.19. The van der Waals surface area contributed by atoms with Crippen molar-refractivity contribution in [3.63, 3.8) is 0 Å². The van der Waals surface area contributed by atoms with Crippen LogP contribution in [0.5, 0.6) is 0 Å². The molecule has 0 saturated heterocycles. The summed E-state index contributed by atoms with van der Waals surface area (Å²) < 4.78 is 14.6. The zero-order chi connectivity index (χ0) is 15.5. The van der Waals surface area contributed by atoms with E-state index in [4.69, 9.17) is 0 Å². The summed E-state index contributed by atoms with van der Waals surface area (Å²) in [5.41, 5.74) is 3.12. The molecule has 0 saturated carbocycles. The molecule has 1 aliphatic heterocycles. The van der Waals surface area contributed by atoms with Gasteiger partial charge in [-0.2, -0.15) is 0 Å². The van der Waals surface area contributed by atoms with E-state index >= 15 is 0 Å². The molecule has 0 bridgehead atoms. The number of fused-ring (bicyclic) bond motifs is 1. The smallest absolute Gasteiger partial charge is 0.247 e. The van der Waals surface area contributed by atoms with Crippen molar-refractivity contribution in [3.8, 4) is 0 Å². The second-order valence-corrected chi connectivity index (χ2v) is 6.52. The minimum Gasteiger partial charge on any atom is -0.323 e. The fourth-order valence-electron chi connectivity index (χ4n) is 2.42. The van der Waals surface area contributed by atoms with Gasteiger partial charge < -0.3 is 5.32 Å². The molecule has 3 rings (SSSR count). The Hall–Kier alpha value is -2.24. The van der Waals surface area contributed by atoms with Crippen LogP contribution < -0.4 is 5.32 Å². The van der Waals surface area contributed by atoms with Crippen molar-refractivity contribution in [2.45, 2.75) is 18.0 Å². The molecule has 4 nitrogen and oxygen atoms in total. The zero-order valence-electron chi connectivity index (χ0n) is 12.0. The minimum absolute atomic E-state index is 0.260. The molecule has 2 aromatic rings. The lowest BCUT2D eigenvalue weighted by Gasteiger charge is -2.14. The maximum absolute atomic E-state index is 12.6. The number of rotatable bonds is 4. The number of nitrogens with one attached hydrogen (secondary N) is 1. The molecule has 0 aromatic heterocycles. The molecule has 1 atom stereocenters. The maximum Gasteiger partial charge on any atom is 0.247 e. The van der Waals surface area contributed by atoms with E-state index in [1.165, 1.54) is 17.2 Å². The van der Waals surface area contributed by atoms with Gasteiger partial charge in [0.15, 0.2) is 0 Å². The first kappa shape index (κ1) is 14.7. The van der Waals surface area contributed by atoms with Crippen molar-refractivity contribution in [1.82, 2.24) is 4.31 Å². The van der Waals surface area contributed by atoms with Gasteiger partial charge in [-0.05, 0) is 41.5 Å². The monoisotopic (exact) mass is 312 g/mol. The largest absolute Gasteiger partial charge is 0.323 e. The Balaban J connectivity index is 1.71. The second kappa shape index (κ2) is 6.25. The Morgan fingerprint density at radius 2 is 1.68 bits per heavy atom. The van der Waals surface area contributed by atoms with Gasteiger partial charge in [-0.15, -0.1) is 0 Å². The Morgan fingerprint density at radius 1 is 1.09 bits per heavy atom. The Morgan fingerprint density at radius 3 is 2.23 bits per heavy atom. The predicted octanol–water partition coefficient (Wildman–Crippen LogP) is 2.85. The SMILES string of the molecule is C=CC(=O)Nc1ccc(S(=O)N2Cc3ccccc3C2)cc1. The summed E-state index contributed by atoms with van der Waals surface area (Å²) in [7, 11) is -1.21. The standard InChI is InChI=1S/C17H16N2O2S/c1-2-17(20)18-15-7-9-16(10-8-15)22(21)19-11-13-5-3-4-6-14(13)12-19/h2-10H,1,11-12H2,(H,18,20). The number of hydrogen-bond donors (Lipinski definition) is 1. The Kier molecular flexibility index (Phi) is 4.18. The van der Waals surface area contributed by atoms with E-state index in [9.17, 15) is 9.00 Å². The average Bonchev–Trinajstić information content (AvgIpc) is 2.98. The highest BCUT2D eigenvalue weighted by Crippen LogP contribution is 2.26. The average molecular weight is 312 g/mol. The molecule has 1 amide bonds. The quantitative estimate of drug-likeness (QED) is 0.883. The highest BCUT2D eigenvalue weighted by atomic mass is 32.2. The number of benzene rings is 2. The lowest BCUT2D eigenvalue weighted by atomic mass is 10.1. The fourth-order valence-corrected chi connectivity index (χ4v) is 3.60. The number of carbonyl (C=O) groups excluding carboxylic acids is 1. The third kappa shape index (κ3) is 3.00. The summed E-state index contributed by atoms with van der Waals surface area (Å²) >= 11 is 0. The summed E-state index contributed by atoms with van der Waals surface area (Å²) in [5, 5.41) is 2.67. The molecule has 1 unspecified atom stereocenters. The van der Waals surface area contributed by atoms with Gasteiger partial charge in [0.05, 0.1) is 4.90 Å². The predicted molar refractivity (Wildman–Crippen MR) is 87.4 cm³/mol. The van der Waals surface area contributed by atoms with Gasteiger partial charge >= 0.3 is 0 Å². The van der Waals surface area contributed by atoms with E-state index in [2.05, 4.69) is 24.0 Å². The molecule has 0 radical (unpaired) electrons. The first-order valence-electron chi connectivity index (χ1n) is 6.94. The molecule has 1 heterocycles. The van der Waals surface area contributed by atoms with Crippen LogP contribution in [0.2, 0.25) is 0 Å². The molecule has 0 aliphatic carbocycles. The molecule has 0 fully saturated rings. The van der Waals surface area contributed by atoms with Gasteiger partial charge in [0.1, 0.15) is 11.0 Å². The van der Waals surface area contributed by atoms with Crippen molar-refractivity contribution < 1.29 is 9.00 Å². The van der Waals surface area contributed by atoms with E-state index < -0.39 is 11.0 Å². The lowest BCUT2D eigenvalue weighted by molar-refractivity contribution is -0.111. The minimum atomic E-state index is -1.21. The van der Waals surface area contributed by atoms with Crippen LogP contribution in [0.25, 0.3) is 0 Å². The van der Waals surface area contributed by atoms with Crippen LogP contribution in [0.3, 0.4) is 0 Å². The molecule has 22 heavy (non-hydrogen) atoms. The first-order chi connectivity index (χ1) is 10.7. The third-order valence-corrected chi connectivity index (χ3v) is 4.96. The van der Waals surface area contributed by atoms with Crippen LogP contribution in [0.1, 0.15) is 11.1 Å². The summed E-state index contributed by atoms with van der Waals surface area (Å²) in [4.78, 5) is 12.0. The molecule has 112 valence electrons. The normalized spacial score (nSPS) is 15.1. The van der Waals surface area contributed by atoms with Crippen molar-refractivity contribution in [2.24, 2.45) is 0 Å². The third-order valence-electron chi connectivity index (χ3n) is 3.56. The Bertz CT molecular complexity index is 716. The number of carbonyl (C=O) groups is 1. The molecular formula is C17H16N2O2S. The molecule has 1 N–H and O–H groups in total. The van der Waals surface area contributed by atoms with E-state index in [-0.39, 0.29) is 5.91 Å². The van der Waals surface area contributed by atoms with Crippen molar-refractivity contribution in [2.75, 3.05) is 5.32 Å². The molecule has 2 aromatic carbocycles. The van der Waals surface area contributed by atoms with Gasteiger partial charge in [0.2, 0.25) is 5.91 Å². The van der Waals surface area contributed by atoms with Crippen LogP contribution in [-0.4, -0.2) is 14.4 Å². The maximum atomic E-state index is 12.6. The van der Waals surface area contributed by atoms with Crippen LogP contribution in [0.4, 0.5) is 5.69 Å². The number of anilines is 1. The summed E-state index contributed by atoms with van der Waals surface area (Å²) in [6, 6.07) is 15.2. The van der Waals surface area contributed by atoms with Gasteiger partial charge in [-0.25, -0.2) is 8.51 Å². The molecule has 5 heteroatoms. The summed E-state index contributed by atoms with van der Waals surface area (Å²) in [6.45, 7) is 4.79. The van der Waals surface area contributed by atoms with E-state index in [1.54, 1.807) is 24.3 Å². The van der Waals surface area contributed by atoms with E-state index in [0.29, 0.717) is 18.8 Å². The van der Waals surface area contributed by atoms with Crippen LogP contribution in [0, 0.1) is 0 Å². The van der Waals surface area contributed by atoms with Gasteiger partial charge in [-0.1, -0.05) is 30.8 Å². The number of nitrogens with zero attached hydrogens (tertiary/aromatic N) is 1. The van der Waals surface area contributed by atoms with Crippen LogP contribution in [0.15, 0.2) is 66.1 Å². The van der Waals surface area contributed by atoms with Crippen molar-refractivity contribution in [3.05, 3.63) is 72.3 Å². The molecule has 1 aliphatic rings. The molecular weight excluding hydrogens is 296 g/mol. The van der Waals surface area contributed by atoms with Gasteiger partial charge in [-0.3, -0.25) is 4.79 Å². The fraction of sp³-hybridized carbons (Fsp3) is 0.118. The topological polar surface area (TPSA) is 49.4 Å². The molecule has 0 spiro atoms. The number of hydrogen-bond acceptors (Lipinski definition) is 2. The first-order valence-corrected chi connectivity index (χ1v) is 8.05. The Labute approximate surface area is 132 Å². The summed E-state index contributed by atoms with van der Waals surface area (Å²) in [6.07, 6.45) is 1.22.